The molecule has 0 aliphatic carbocycles. The number of hydrogen-bond acceptors (Lipinski definition) is 5. The topological polar surface area (TPSA) is 77.6 Å². The summed E-state index contributed by atoms with van der Waals surface area (Å²) >= 11 is 3.33. The normalized spacial score (nSPS) is 16.7. The van der Waals surface area contributed by atoms with Crippen molar-refractivity contribution in [1.29, 1.82) is 0 Å². The molecular formula is C22H28BrN5O2. The van der Waals surface area contributed by atoms with Gasteiger partial charge in [0.2, 0.25) is 11.8 Å². The van der Waals surface area contributed by atoms with E-state index in [1.54, 1.807) is 12.3 Å². The Morgan fingerprint density at radius 2 is 1.97 bits per heavy atom. The van der Waals surface area contributed by atoms with Gasteiger partial charge in [0, 0.05) is 43.5 Å². The van der Waals surface area contributed by atoms with Crippen LogP contribution in [0, 0.1) is 5.92 Å². The number of carbonyl (C=O) groups excluding carboxylic acids is 2. The van der Waals surface area contributed by atoms with Crippen LogP contribution in [0.3, 0.4) is 0 Å². The van der Waals surface area contributed by atoms with Gasteiger partial charge in [-0.05, 0) is 65.1 Å². The molecule has 1 saturated heterocycles. The van der Waals surface area contributed by atoms with Crippen LogP contribution in [-0.4, -0.2) is 55.4 Å². The van der Waals surface area contributed by atoms with Crippen molar-refractivity contribution >= 4 is 39.2 Å². The van der Waals surface area contributed by atoms with Gasteiger partial charge in [0.25, 0.3) is 0 Å². The minimum absolute atomic E-state index is 0.0256. The molecule has 1 aliphatic rings. The first kappa shape index (κ1) is 22.2. The molecule has 1 aromatic carbocycles. The zero-order valence-corrected chi connectivity index (χ0v) is 19.0. The highest BCUT2D eigenvalue weighted by atomic mass is 79.9. The average molecular weight is 474 g/mol. The molecule has 1 aromatic heterocycles. The Morgan fingerprint density at radius 3 is 2.63 bits per heavy atom. The van der Waals surface area contributed by atoms with E-state index in [1.807, 2.05) is 54.2 Å². The van der Waals surface area contributed by atoms with Crippen LogP contribution in [0.15, 0.2) is 47.1 Å². The summed E-state index contributed by atoms with van der Waals surface area (Å²) in [4.78, 5) is 33.2. The largest absolute Gasteiger partial charge is 0.378 e. The van der Waals surface area contributed by atoms with Crippen molar-refractivity contribution in [2.75, 3.05) is 43.9 Å². The Bertz CT molecular complexity index is 855. The predicted octanol–water partition coefficient (Wildman–Crippen LogP) is 2.88. The number of hydrogen-bond donors (Lipinski definition) is 2. The Morgan fingerprint density at radius 1 is 1.20 bits per heavy atom. The number of piperidine rings is 1. The maximum atomic E-state index is 12.6. The zero-order valence-electron chi connectivity index (χ0n) is 17.4. The minimum atomic E-state index is -0.143. The fourth-order valence-corrected chi connectivity index (χ4v) is 3.70. The number of carbonyl (C=O) groups is 2. The highest BCUT2D eigenvalue weighted by Gasteiger charge is 2.27. The number of likely N-dealkylation sites (tertiary alicyclic amines) is 1. The van der Waals surface area contributed by atoms with E-state index in [0.717, 1.165) is 35.1 Å². The van der Waals surface area contributed by atoms with Gasteiger partial charge in [-0.3, -0.25) is 14.5 Å². The molecule has 1 unspecified atom stereocenters. The minimum Gasteiger partial charge on any atom is -0.378 e. The standard InChI is InChI=1S/C22H28BrN5O2/c1-27(2)19-8-5-16(6-9-19)12-25-21(29)15-28-11-3-4-17(14-28)22(30)26-20-10-7-18(23)13-24-20/h5-10,13,17H,3-4,11-12,14-15H2,1-2H3,(H,25,29)(H,24,26,30). The van der Waals surface area contributed by atoms with Crippen LogP contribution in [0.4, 0.5) is 11.5 Å². The molecule has 0 radical (unpaired) electrons. The summed E-state index contributed by atoms with van der Waals surface area (Å²) < 4.78 is 0.865. The first-order valence-corrected chi connectivity index (χ1v) is 10.9. The monoisotopic (exact) mass is 473 g/mol. The van der Waals surface area contributed by atoms with E-state index in [2.05, 4.69) is 31.5 Å². The fraction of sp³-hybridized carbons (Fsp3) is 0.409. The lowest BCUT2D eigenvalue weighted by Crippen LogP contribution is -2.45. The third kappa shape index (κ3) is 6.53. The SMILES string of the molecule is CN(C)c1ccc(CNC(=O)CN2CCCC(C(=O)Nc3ccc(Br)cn3)C2)cc1. The molecule has 8 heteroatoms. The summed E-state index contributed by atoms with van der Waals surface area (Å²) in [6.45, 7) is 2.20. The van der Waals surface area contributed by atoms with Crippen molar-refractivity contribution in [2.24, 2.45) is 5.92 Å². The predicted molar refractivity (Wildman–Crippen MR) is 122 cm³/mol. The molecule has 0 spiro atoms. The second-order valence-corrected chi connectivity index (χ2v) is 8.68. The van der Waals surface area contributed by atoms with Gasteiger partial charge in [-0.15, -0.1) is 0 Å². The molecule has 3 rings (SSSR count). The molecule has 2 heterocycles. The second-order valence-electron chi connectivity index (χ2n) is 7.76. The summed E-state index contributed by atoms with van der Waals surface area (Å²) in [5.41, 5.74) is 2.19. The Balaban J connectivity index is 1.45. The second kappa shape index (κ2) is 10.5. The molecule has 0 saturated carbocycles. The average Bonchev–Trinajstić information content (AvgIpc) is 2.74. The first-order chi connectivity index (χ1) is 14.4. The third-order valence-electron chi connectivity index (χ3n) is 5.16. The highest BCUT2D eigenvalue weighted by Crippen LogP contribution is 2.19. The van der Waals surface area contributed by atoms with Gasteiger partial charge < -0.3 is 15.5 Å². The van der Waals surface area contributed by atoms with Crippen LogP contribution in [0.1, 0.15) is 18.4 Å². The Kier molecular flexibility index (Phi) is 7.81. The summed E-state index contributed by atoms with van der Waals surface area (Å²) in [6, 6.07) is 11.7. The smallest absolute Gasteiger partial charge is 0.234 e. The van der Waals surface area contributed by atoms with Gasteiger partial charge in [-0.2, -0.15) is 0 Å². The molecule has 2 N–H and O–H groups in total. The number of nitrogens with zero attached hydrogens (tertiary/aromatic N) is 3. The van der Waals surface area contributed by atoms with E-state index in [0.29, 0.717) is 25.5 Å². The maximum absolute atomic E-state index is 12.6. The lowest BCUT2D eigenvalue weighted by molar-refractivity contribution is -0.125. The van der Waals surface area contributed by atoms with Crippen LogP contribution in [0.25, 0.3) is 0 Å². The van der Waals surface area contributed by atoms with Gasteiger partial charge in [-0.1, -0.05) is 12.1 Å². The summed E-state index contributed by atoms with van der Waals surface area (Å²) in [5, 5.41) is 5.85. The van der Waals surface area contributed by atoms with Crippen molar-refractivity contribution in [2.45, 2.75) is 19.4 Å². The van der Waals surface area contributed by atoms with Crippen molar-refractivity contribution in [1.82, 2.24) is 15.2 Å². The molecule has 0 bridgehead atoms. The molecule has 2 aromatic rings. The Hall–Kier alpha value is -2.45. The molecule has 30 heavy (non-hydrogen) atoms. The number of rotatable bonds is 7. The van der Waals surface area contributed by atoms with Gasteiger partial charge in [0.1, 0.15) is 5.82 Å². The van der Waals surface area contributed by atoms with Gasteiger partial charge >= 0.3 is 0 Å². The lowest BCUT2D eigenvalue weighted by atomic mass is 9.97. The molecule has 7 nitrogen and oxygen atoms in total. The molecule has 2 amide bonds. The summed E-state index contributed by atoms with van der Waals surface area (Å²) in [6.07, 6.45) is 3.37. The fourth-order valence-electron chi connectivity index (χ4n) is 3.46. The van der Waals surface area contributed by atoms with E-state index in [-0.39, 0.29) is 17.7 Å². The number of benzene rings is 1. The number of aromatic nitrogens is 1. The van der Waals surface area contributed by atoms with Gasteiger partial charge in [0.15, 0.2) is 0 Å². The van der Waals surface area contributed by atoms with Crippen molar-refractivity contribution in [3.05, 3.63) is 52.6 Å². The number of pyridine rings is 1. The van der Waals surface area contributed by atoms with Gasteiger partial charge in [0.05, 0.1) is 12.5 Å². The van der Waals surface area contributed by atoms with Crippen LogP contribution in [0.5, 0.6) is 0 Å². The van der Waals surface area contributed by atoms with E-state index in [4.69, 9.17) is 0 Å². The van der Waals surface area contributed by atoms with Crippen LogP contribution < -0.4 is 15.5 Å². The maximum Gasteiger partial charge on any atom is 0.234 e. The molecule has 1 atom stereocenters. The molecule has 1 fully saturated rings. The van der Waals surface area contributed by atoms with E-state index >= 15 is 0 Å². The summed E-state index contributed by atoms with van der Waals surface area (Å²) in [7, 11) is 4.00. The van der Waals surface area contributed by atoms with Crippen molar-refractivity contribution in [3.8, 4) is 0 Å². The number of amides is 2. The van der Waals surface area contributed by atoms with E-state index < -0.39 is 0 Å². The van der Waals surface area contributed by atoms with Crippen LogP contribution in [0.2, 0.25) is 0 Å². The molecular weight excluding hydrogens is 446 g/mol. The Labute approximate surface area is 186 Å². The van der Waals surface area contributed by atoms with E-state index in [9.17, 15) is 9.59 Å². The number of nitrogens with one attached hydrogen (secondary N) is 2. The highest BCUT2D eigenvalue weighted by molar-refractivity contribution is 9.10. The van der Waals surface area contributed by atoms with Crippen molar-refractivity contribution < 1.29 is 9.59 Å². The number of anilines is 2. The zero-order chi connectivity index (χ0) is 21.5. The van der Waals surface area contributed by atoms with Crippen molar-refractivity contribution in [3.63, 3.8) is 0 Å². The third-order valence-corrected chi connectivity index (χ3v) is 5.63. The lowest BCUT2D eigenvalue weighted by Gasteiger charge is -2.31. The summed E-state index contributed by atoms with van der Waals surface area (Å²) in [5.74, 6) is 0.326. The van der Waals surface area contributed by atoms with Crippen LogP contribution in [-0.2, 0) is 16.1 Å². The number of halogens is 1. The molecule has 160 valence electrons. The van der Waals surface area contributed by atoms with Gasteiger partial charge in [-0.25, -0.2) is 4.98 Å². The van der Waals surface area contributed by atoms with Crippen LogP contribution >= 0.6 is 15.9 Å². The van der Waals surface area contributed by atoms with E-state index in [1.165, 1.54) is 0 Å². The first-order valence-electron chi connectivity index (χ1n) is 10.1. The quantitative estimate of drug-likeness (QED) is 0.646. The molecule has 1 aliphatic heterocycles.